The average Bonchev–Trinajstić information content (AvgIpc) is 2.64. The van der Waals surface area contributed by atoms with Crippen LogP contribution in [0.4, 0.5) is 6.01 Å². The van der Waals surface area contributed by atoms with Gasteiger partial charge in [0.1, 0.15) is 12.0 Å². The van der Waals surface area contributed by atoms with Crippen LogP contribution in [-0.2, 0) is 16.4 Å². The first-order chi connectivity index (χ1) is 7.61. The van der Waals surface area contributed by atoms with Crippen molar-refractivity contribution in [3.8, 4) is 0 Å². The molecule has 0 bridgehead atoms. The molecule has 1 aliphatic heterocycles. The third-order valence-corrected chi connectivity index (χ3v) is 4.24. The summed E-state index contributed by atoms with van der Waals surface area (Å²) in [5, 5.41) is 8.85. The molecule has 0 radical (unpaired) electrons. The Labute approximate surface area is 93.8 Å². The Morgan fingerprint density at radius 3 is 2.94 bits per heavy atom. The molecular formula is C9H14N2O4S. The van der Waals surface area contributed by atoms with Gasteiger partial charge in [0.15, 0.2) is 9.84 Å². The predicted octanol–water partition coefficient (Wildman–Crippen LogP) is -0.208. The number of aliphatic hydroxyl groups excluding tert-OH is 1. The van der Waals surface area contributed by atoms with Gasteiger partial charge >= 0.3 is 0 Å². The molecule has 2 heterocycles. The summed E-state index contributed by atoms with van der Waals surface area (Å²) in [5.41, 5.74) is 0.460. The largest absolute Gasteiger partial charge is 0.432 e. The van der Waals surface area contributed by atoms with Crippen LogP contribution in [0.15, 0.2) is 10.7 Å². The second-order valence-corrected chi connectivity index (χ2v) is 6.08. The molecule has 0 saturated carbocycles. The normalized spacial score (nSPS) is 20.7. The fourth-order valence-electron chi connectivity index (χ4n) is 1.64. The van der Waals surface area contributed by atoms with Gasteiger partial charge in [-0.2, -0.15) is 4.98 Å². The van der Waals surface area contributed by atoms with Crippen LogP contribution in [0.3, 0.4) is 0 Å². The van der Waals surface area contributed by atoms with Gasteiger partial charge in [-0.3, -0.25) is 0 Å². The molecule has 6 nitrogen and oxygen atoms in total. The maximum absolute atomic E-state index is 11.4. The summed E-state index contributed by atoms with van der Waals surface area (Å²) in [7, 11) is -2.92. The molecule has 7 heteroatoms. The highest BCUT2D eigenvalue weighted by atomic mass is 32.2. The highest BCUT2D eigenvalue weighted by molar-refractivity contribution is 7.91. The summed E-state index contributed by atoms with van der Waals surface area (Å²) >= 11 is 0. The van der Waals surface area contributed by atoms with Crippen LogP contribution < -0.4 is 4.90 Å². The van der Waals surface area contributed by atoms with Crippen molar-refractivity contribution in [1.82, 2.24) is 4.98 Å². The van der Waals surface area contributed by atoms with Gasteiger partial charge in [0, 0.05) is 13.1 Å². The van der Waals surface area contributed by atoms with Crippen molar-refractivity contribution in [2.75, 3.05) is 29.5 Å². The zero-order chi connectivity index (χ0) is 11.6. The molecule has 1 aromatic rings. The number of sulfone groups is 1. The molecule has 0 aromatic carbocycles. The van der Waals surface area contributed by atoms with Gasteiger partial charge in [-0.15, -0.1) is 0 Å². The van der Waals surface area contributed by atoms with Crippen molar-refractivity contribution < 1.29 is 17.9 Å². The highest BCUT2D eigenvalue weighted by Gasteiger charge is 2.21. The zero-order valence-electron chi connectivity index (χ0n) is 8.79. The second kappa shape index (κ2) is 4.42. The van der Waals surface area contributed by atoms with Crippen molar-refractivity contribution in [2.24, 2.45) is 0 Å². The van der Waals surface area contributed by atoms with Crippen LogP contribution in [0.25, 0.3) is 0 Å². The summed E-state index contributed by atoms with van der Waals surface area (Å²) in [4.78, 5) is 5.85. The standard InChI is InChI=1S/C9H14N2O4S/c12-6-8-7-15-9(10-8)11-2-1-4-16(13,14)5-3-11/h7,12H,1-6H2. The van der Waals surface area contributed by atoms with Crippen molar-refractivity contribution in [3.63, 3.8) is 0 Å². The predicted molar refractivity (Wildman–Crippen MR) is 57.9 cm³/mol. The highest BCUT2D eigenvalue weighted by Crippen LogP contribution is 2.16. The summed E-state index contributed by atoms with van der Waals surface area (Å²) < 4.78 is 28.0. The van der Waals surface area contributed by atoms with Gasteiger partial charge in [0.05, 0.1) is 18.1 Å². The molecule has 0 amide bonds. The average molecular weight is 246 g/mol. The summed E-state index contributed by atoms with van der Waals surface area (Å²) in [6.45, 7) is 0.841. The number of hydrogen-bond donors (Lipinski definition) is 1. The molecule has 0 aliphatic carbocycles. The molecule has 0 unspecified atom stereocenters. The first-order valence-electron chi connectivity index (χ1n) is 5.11. The van der Waals surface area contributed by atoms with Crippen LogP contribution in [-0.4, -0.2) is 43.1 Å². The number of oxazole rings is 1. The van der Waals surface area contributed by atoms with E-state index in [0.717, 1.165) is 0 Å². The lowest BCUT2D eigenvalue weighted by Gasteiger charge is -2.16. The van der Waals surface area contributed by atoms with Gasteiger partial charge in [0.2, 0.25) is 0 Å². The Morgan fingerprint density at radius 1 is 1.44 bits per heavy atom. The monoisotopic (exact) mass is 246 g/mol. The van der Waals surface area contributed by atoms with E-state index in [-0.39, 0.29) is 18.1 Å². The maximum atomic E-state index is 11.4. The number of aromatic nitrogens is 1. The third-order valence-electron chi connectivity index (χ3n) is 2.53. The molecule has 1 aliphatic rings. The lowest BCUT2D eigenvalue weighted by Crippen LogP contribution is -2.26. The second-order valence-electron chi connectivity index (χ2n) is 3.77. The van der Waals surface area contributed by atoms with E-state index in [1.807, 2.05) is 0 Å². The van der Waals surface area contributed by atoms with Gasteiger partial charge in [-0.25, -0.2) is 8.42 Å². The minimum absolute atomic E-state index is 0.129. The first-order valence-corrected chi connectivity index (χ1v) is 6.93. The number of aliphatic hydroxyl groups is 1. The lowest BCUT2D eigenvalue weighted by atomic mass is 10.4. The van der Waals surface area contributed by atoms with E-state index in [4.69, 9.17) is 9.52 Å². The molecule has 2 rings (SSSR count). The van der Waals surface area contributed by atoms with Crippen LogP contribution in [0.2, 0.25) is 0 Å². The molecule has 1 N–H and O–H groups in total. The maximum Gasteiger partial charge on any atom is 0.297 e. The number of nitrogens with zero attached hydrogens (tertiary/aromatic N) is 2. The van der Waals surface area contributed by atoms with Crippen LogP contribution >= 0.6 is 0 Å². The fraction of sp³-hybridized carbons (Fsp3) is 0.667. The fourth-order valence-corrected chi connectivity index (χ4v) is 2.92. The van der Waals surface area contributed by atoms with Crippen molar-refractivity contribution in [3.05, 3.63) is 12.0 Å². The van der Waals surface area contributed by atoms with Crippen LogP contribution in [0.5, 0.6) is 0 Å². The Hall–Kier alpha value is -1.08. The summed E-state index contributed by atoms with van der Waals surface area (Å²) in [6.07, 6.45) is 1.97. The number of hydrogen-bond acceptors (Lipinski definition) is 6. The quantitative estimate of drug-likeness (QED) is 0.777. The number of anilines is 1. The van der Waals surface area contributed by atoms with E-state index < -0.39 is 9.84 Å². The van der Waals surface area contributed by atoms with E-state index >= 15 is 0 Å². The molecule has 1 aromatic heterocycles. The molecule has 0 atom stereocenters. The van der Waals surface area contributed by atoms with Gasteiger partial charge < -0.3 is 14.4 Å². The topological polar surface area (TPSA) is 83.6 Å². The minimum atomic E-state index is -2.92. The molecule has 90 valence electrons. The molecular weight excluding hydrogens is 232 g/mol. The van der Waals surface area contributed by atoms with Gasteiger partial charge in [-0.05, 0) is 6.42 Å². The van der Waals surface area contributed by atoms with Gasteiger partial charge in [0.25, 0.3) is 6.01 Å². The van der Waals surface area contributed by atoms with E-state index in [2.05, 4.69) is 4.98 Å². The lowest BCUT2D eigenvalue weighted by molar-refractivity contribution is 0.276. The van der Waals surface area contributed by atoms with E-state index in [1.54, 1.807) is 4.90 Å². The molecule has 1 saturated heterocycles. The Kier molecular flexibility index (Phi) is 3.15. The smallest absolute Gasteiger partial charge is 0.297 e. The van der Waals surface area contributed by atoms with Crippen molar-refractivity contribution in [1.29, 1.82) is 0 Å². The molecule has 16 heavy (non-hydrogen) atoms. The van der Waals surface area contributed by atoms with E-state index in [9.17, 15) is 8.42 Å². The number of rotatable bonds is 2. The summed E-state index contributed by atoms with van der Waals surface area (Å²) in [5.74, 6) is 0.348. The molecule has 1 fully saturated rings. The Morgan fingerprint density at radius 2 is 2.25 bits per heavy atom. The van der Waals surface area contributed by atoms with E-state index in [0.29, 0.717) is 31.2 Å². The van der Waals surface area contributed by atoms with Crippen LogP contribution in [0, 0.1) is 0 Å². The SMILES string of the molecule is O=S1(=O)CCCN(c2nc(CO)co2)CC1. The third kappa shape index (κ3) is 2.53. The van der Waals surface area contributed by atoms with Crippen molar-refractivity contribution in [2.45, 2.75) is 13.0 Å². The van der Waals surface area contributed by atoms with E-state index in [1.165, 1.54) is 6.26 Å². The van der Waals surface area contributed by atoms with Crippen molar-refractivity contribution >= 4 is 15.9 Å². The summed E-state index contributed by atoms with van der Waals surface area (Å²) in [6, 6.07) is 0.390. The first kappa shape index (κ1) is 11.4. The molecule has 0 spiro atoms. The Bertz CT molecular complexity index is 454. The van der Waals surface area contributed by atoms with Gasteiger partial charge in [-0.1, -0.05) is 0 Å². The van der Waals surface area contributed by atoms with Crippen LogP contribution in [0.1, 0.15) is 12.1 Å². The zero-order valence-corrected chi connectivity index (χ0v) is 9.61. The minimum Gasteiger partial charge on any atom is -0.432 e. The Balaban J connectivity index is 2.10.